The first kappa shape index (κ1) is 22.8. The van der Waals surface area contributed by atoms with Gasteiger partial charge in [0.1, 0.15) is 0 Å². The van der Waals surface area contributed by atoms with Crippen LogP contribution in [-0.4, -0.2) is 61.0 Å². The van der Waals surface area contributed by atoms with E-state index in [-0.39, 0.29) is 22.3 Å². The van der Waals surface area contributed by atoms with E-state index in [0.717, 1.165) is 5.56 Å². The zero-order valence-corrected chi connectivity index (χ0v) is 19.2. The Hall–Kier alpha value is -2.33. The van der Waals surface area contributed by atoms with E-state index in [2.05, 4.69) is 0 Å². The van der Waals surface area contributed by atoms with Crippen LogP contribution in [0.25, 0.3) is 0 Å². The van der Waals surface area contributed by atoms with Crippen LogP contribution < -0.4 is 5.14 Å². The minimum Gasteiger partial charge on any atom is -0.465 e. The number of sulfonamides is 1. The molecular formula is C21H21Cl2N3O5S. The molecule has 0 aliphatic carbocycles. The molecule has 3 N–H and O–H groups in total. The average molecular weight is 498 g/mol. The Balaban J connectivity index is 1.52. The number of carbonyl (C=O) groups is 2. The van der Waals surface area contributed by atoms with Gasteiger partial charge < -0.3 is 14.9 Å². The van der Waals surface area contributed by atoms with Crippen molar-refractivity contribution in [3.63, 3.8) is 0 Å². The number of hydrogen-bond acceptors (Lipinski definition) is 4. The molecule has 2 amide bonds. The van der Waals surface area contributed by atoms with Crippen LogP contribution in [0.4, 0.5) is 4.79 Å². The molecular weight excluding hydrogens is 477 g/mol. The fourth-order valence-corrected chi connectivity index (χ4v) is 5.78. The molecule has 2 unspecified atom stereocenters. The summed E-state index contributed by atoms with van der Waals surface area (Å²) in [5.41, 5.74) is 0.826. The number of carboxylic acid groups (broad SMARTS) is 1. The third-order valence-corrected chi connectivity index (χ3v) is 7.63. The highest BCUT2D eigenvalue weighted by molar-refractivity contribution is 7.89. The highest BCUT2D eigenvalue weighted by Crippen LogP contribution is 2.47. The smallest absolute Gasteiger partial charge is 0.407 e. The van der Waals surface area contributed by atoms with Crippen LogP contribution in [0.2, 0.25) is 10.0 Å². The second kappa shape index (κ2) is 8.22. The molecule has 0 saturated carbocycles. The zero-order valence-electron chi connectivity index (χ0n) is 16.9. The molecule has 2 aromatic carbocycles. The van der Waals surface area contributed by atoms with Crippen molar-refractivity contribution in [3.05, 3.63) is 63.6 Å². The van der Waals surface area contributed by atoms with Crippen LogP contribution in [-0.2, 0) is 16.4 Å². The van der Waals surface area contributed by atoms with Crippen molar-refractivity contribution in [2.24, 2.45) is 10.6 Å². The Kier molecular flexibility index (Phi) is 5.87. The van der Waals surface area contributed by atoms with Crippen LogP contribution in [0, 0.1) is 5.41 Å². The standard InChI is InChI=1S/C21H21Cl2N3O5S/c22-15-7-13(8-16(23)10-15)9-18-21(12-26(18)20(28)29)5-6-25(11-21)19(27)14-1-3-17(4-2-14)32(24,30)31/h1-4,7-8,10,18H,5-6,9,11-12H2,(H,28,29)(H2,24,30,31). The van der Waals surface area contributed by atoms with Gasteiger partial charge in [-0.25, -0.2) is 18.4 Å². The molecule has 0 aromatic heterocycles. The highest BCUT2D eigenvalue weighted by Gasteiger charge is 2.58. The Morgan fingerprint density at radius 2 is 1.72 bits per heavy atom. The molecule has 2 atom stereocenters. The predicted molar refractivity (Wildman–Crippen MR) is 119 cm³/mol. The Morgan fingerprint density at radius 1 is 1.09 bits per heavy atom. The third kappa shape index (κ3) is 4.30. The largest absolute Gasteiger partial charge is 0.465 e. The van der Waals surface area contributed by atoms with Crippen molar-refractivity contribution in [2.45, 2.75) is 23.8 Å². The zero-order chi connectivity index (χ0) is 23.3. The molecule has 11 heteroatoms. The number of halogens is 2. The summed E-state index contributed by atoms with van der Waals surface area (Å²) in [5.74, 6) is -0.235. The number of likely N-dealkylation sites (tertiary alicyclic amines) is 2. The minimum absolute atomic E-state index is 0.0664. The number of amides is 2. The quantitative estimate of drug-likeness (QED) is 0.671. The van der Waals surface area contributed by atoms with Gasteiger partial charge in [0.05, 0.1) is 4.90 Å². The Bertz CT molecular complexity index is 1170. The summed E-state index contributed by atoms with van der Waals surface area (Å²) in [6.45, 7) is 1.23. The van der Waals surface area contributed by atoms with Gasteiger partial charge in [0.2, 0.25) is 10.0 Å². The molecule has 2 heterocycles. The molecule has 2 aliphatic heterocycles. The van der Waals surface area contributed by atoms with Gasteiger partial charge in [-0.15, -0.1) is 0 Å². The number of carbonyl (C=O) groups excluding carboxylic acids is 1. The fraction of sp³-hybridized carbons (Fsp3) is 0.333. The van der Waals surface area contributed by atoms with Crippen LogP contribution in [0.1, 0.15) is 22.3 Å². The number of primary sulfonamides is 1. The second-order valence-electron chi connectivity index (χ2n) is 8.32. The lowest BCUT2D eigenvalue weighted by molar-refractivity contribution is -0.0475. The van der Waals surface area contributed by atoms with Crippen molar-refractivity contribution in [1.29, 1.82) is 0 Å². The number of rotatable bonds is 4. The summed E-state index contributed by atoms with van der Waals surface area (Å²) in [6, 6.07) is 10.3. The van der Waals surface area contributed by atoms with E-state index < -0.39 is 16.1 Å². The van der Waals surface area contributed by atoms with Gasteiger partial charge in [0.15, 0.2) is 0 Å². The summed E-state index contributed by atoms with van der Waals surface area (Å²) < 4.78 is 22.9. The molecule has 32 heavy (non-hydrogen) atoms. The van der Waals surface area contributed by atoms with E-state index in [1.807, 2.05) is 0 Å². The topological polar surface area (TPSA) is 121 Å². The average Bonchev–Trinajstić information content (AvgIpc) is 3.16. The number of nitrogens with zero attached hydrogens (tertiary/aromatic N) is 2. The first-order valence-electron chi connectivity index (χ1n) is 9.85. The van der Waals surface area contributed by atoms with Crippen molar-refractivity contribution < 1.29 is 23.1 Å². The lowest BCUT2D eigenvalue weighted by Gasteiger charge is -2.54. The van der Waals surface area contributed by atoms with Gasteiger partial charge in [-0.1, -0.05) is 23.2 Å². The van der Waals surface area contributed by atoms with Gasteiger partial charge in [-0.05, 0) is 60.9 Å². The molecule has 2 aromatic rings. The van der Waals surface area contributed by atoms with Gasteiger partial charge in [-0.2, -0.15) is 0 Å². The molecule has 170 valence electrons. The van der Waals surface area contributed by atoms with E-state index in [9.17, 15) is 23.1 Å². The van der Waals surface area contributed by atoms with E-state index in [1.165, 1.54) is 29.2 Å². The number of nitrogens with two attached hydrogens (primary N) is 1. The molecule has 8 nitrogen and oxygen atoms in total. The number of benzene rings is 2. The van der Waals surface area contributed by atoms with Crippen molar-refractivity contribution in [2.75, 3.05) is 19.6 Å². The maximum Gasteiger partial charge on any atom is 0.407 e. The normalized spacial score (nSPS) is 22.8. The van der Waals surface area contributed by atoms with E-state index in [1.54, 1.807) is 23.1 Å². The molecule has 4 rings (SSSR count). The van der Waals surface area contributed by atoms with E-state index in [0.29, 0.717) is 48.1 Å². The van der Waals surface area contributed by atoms with Gasteiger partial charge in [0.25, 0.3) is 5.91 Å². The second-order valence-corrected chi connectivity index (χ2v) is 10.8. The van der Waals surface area contributed by atoms with Crippen LogP contribution in [0.5, 0.6) is 0 Å². The summed E-state index contributed by atoms with van der Waals surface area (Å²) in [4.78, 5) is 27.7. The molecule has 0 radical (unpaired) electrons. The fourth-order valence-electron chi connectivity index (χ4n) is 4.69. The molecule has 1 spiro atoms. The monoisotopic (exact) mass is 497 g/mol. The third-order valence-electron chi connectivity index (χ3n) is 6.27. The first-order chi connectivity index (χ1) is 15.0. The molecule has 2 fully saturated rings. The summed E-state index contributed by atoms with van der Waals surface area (Å²) in [6.07, 6.45) is 0.103. The molecule has 2 saturated heterocycles. The van der Waals surface area contributed by atoms with Crippen molar-refractivity contribution in [1.82, 2.24) is 9.80 Å². The SMILES string of the molecule is NS(=O)(=O)c1ccc(C(=O)N2CCC3(C2)CN(C(=O)O)C3Cc2cc(Cl)cc(Cl)c2)cc1. The Morgan fingerprint density at radius 3 is 2.28 bits per heavy atom. The van der Waals surface area contributed by atoms with Crippen LogP contribution in [0.15, 0.2) is 47.4 Å². The molecule has 0 bridgehead atoms. The van der Waals surface area contributed by atoms with Crippen LogP contribution in [0.3, 0.4) is 0 Å². The first-order valence-corrected chi connectivity index (χ1v) is 12.2. The summed E-state index contributed by atoms with van der Waals surface area (Å²) in [5, 5.41) is 15.7. The van der Waals surface area contributed by atoms with Crippen molar-refractivity contribution in [3.8, 4) is 0 Å². The predicted octanol–water partition coefficient (Wildman–Crippen LogP) is 3.08. The molecule has 2 aliphatic rings. The van der Waals surface area contributed by atoms with Gasteiger partial charge in [-0.3, -0.25) is 4.79 Å². The lowest BCUT2D eigenvalue weighted by atomic mass is 9.68. The van der Waals surface area contributed by atoms with Gasteiger partial charge >= 0.3 is 6.09 Å². The van der Waals surface area contributed by atoms with Crippen LogP contribution >= 0.6 is 23.2 Å². The van der Waals surface area contributed by atoms with E-state index in [4.69, 9.17) is 28.3 Å². The Labute approximate surface area is 195 Å². The summed E-state index contributed by atoms with van der Waals surface area (Å²) >= 11 is 12.2. The minimum atomic E-state index is -3.84. The maximum atomic E-state index is 13.0. The lowest BCUT2D eigenvalue weighted by Crippen LogP contribution is -2.67. The van der Waals surface area contributed by atoms with E-state index >= 15 is 0 Å². The maximum absolute atomic E-state index is 13.0. The summed E-state index contributed by atoms with van der Waals surface area (Å²) in [7, 11) is -3.84. The highest BCUT2D eigenvalue weighted by atomic mass is 35.5. The number of hydrogen-bond donors (Lipinski definition) is 2. The van der Waals surface area contributed by atoms with Crippen molar-refractivity contribution >= 4 is 45.2 Å². The van der Waals surface area contributed by atoms with Gasteiger partial charge in [0, 0.05) is 46.7 Å².